The van der Waals surface area contributed by atoms with Gasteiger partial charge in [-0.25, -0.2) is 9.67 Å². The van der Waals surface area contributed by atoms with Crippen LogP contribution in [-0.4, -0.2) is 32.5 Å². The third-order valence-corrected chi connectivity index (χ3v) is 5.00. The van der Waals surface area contributed by atoms with Gasteiger partial charge in [-0.2, -0.15) is 18.3 Å². The van der Waals surface area contributed by atoms with Gasteiger partial charge in [-0.1, -0.05) is 18.2 Å². The van der Waals surface area contributed by atoms with Crippen LogP contribution < -0.4 is 5.56 Å². The van der Waals surface area contributed by atoms with Crippen LogP contribution in [0.5, 0.6) is 0 Å². The van der Waals surface area contributed by atoms with E-state index in [4.69, 9.17) is 4.74 Å². The van der Waals surface area contributed by atoms with Gasteiger partial charge in [-0.15, -0.1) is 0 Å². The van der Waals surface area contributed by atoms with E-state index < -0.39 is 17.3 Å². The maximum atomic E-state index is 13.3. The fourth-order valence-corrected chi connectivity index (χ4v) is 3.66. The molecule has 0 saturated carbocycles. The van der Waals surface area contributed by atoms with E-state index >= 15 is 0 Å². The van der Waals surface area contributed by atoms with Crippen LogP contribution in [0.3, 0.4) is 0 Å². The highest BCUT2D eigenvalue weighted by atomic mass is 19.4. The minimum atomic E-state index is -4.47. The Balaban J connectivity index is 1.74. The molecular formula is C19H19F3N4O2. The molecule has 1 aliphatic rings. The first kappa shape index (κ1) is 18.7. The molecule has 1 N–H and O–H groups in total. The van der Waals surface area contributed by atoms with Crippen LogP contribution in [0.15, 0.2) is 35.3 Å². The van der Waals surface area contributed by atoms with Crippen molar-refractivity contribution in [1.29, 1.82) is 0 Å². The van der Waals surface area contributed by atoms with E-state index in [1.54, 1.807) is 4.68 Å². The predicted octanol–water partition coefficient (Wildman–Crippen LogP) is 3.47. The number of nitrogens with zero attached hydrogens (tertiary/aromatic N) is 3. The van der Waals surface area contributed by atoms with Gasteiger partial charge in [-0.05, 0) is 31.4 Å². The number of hydrogen-bond donors (Lipinski definition) is 1. The van der Waals surface area contributed by atoms with Crippen molar-refractivity contribution in [2.45, 2.75) is 44.5 Å². The molecule has 28 heavy (non-hydrogen) atoms. The monoisotopic (exact) mass is 392 g/mol. The number of H-pyrrole nitrogens is 1. The van der Waals surface area contributed by atoms with Crippen molar-refractivity contribution < 1.29 is 17.9 Å². The summed E-state index contributed by atoms with van der Waals surface area (Å²) in [7, 11) is 0. The van der Waals surface area contributed by atoms with Crippen molar-refractivity contribution in [3.05, 3.63) is 57.8 Å². The lowest BCUT2D eigenvalue weighted by Crippen LogP contribution is -2.26. The zero-order valence-electron chi connectivity index (χ0n) is 15.2. The maximum Gasteiger partial charge on any atom is 0.416 e. The number of rotatable bonds is 3. The van der Waals surface area contributed by atoms with E-state index in [9.17, 15) is 18.0 Å². The Bertz CT molecular complexity index is 1060. The minimum absolute atomic E-state index is 0.0332. The molecule has 3 aromatic rings. The second kappa shape index (κ2) is 7.05. The minimum Gasteiger partial charge on any atom is -0.378 e. The van der Waals surface area contributed by atoms with Gasteiger partial charge < -0.3 is 9.72 Å². The summed E-state index contributed by atoms with van der Waals surface area (Å²) in [6.45, 7) is 2.56. The molecular weight excluding hydrogens is 373 g/mol. The highest BCUT2D eigenvalue weighted by molar-refractivity contribution is 5.73. The molecule has 0 amide bonds. The van der Waals surface area contributed by atoms with Gasteiger partial charge in [0.15, 0.2) is 5.65 Å². The third kappa shape index (κ3) is 3.54. The van der Waals surface area contributed by atoms with Crippen LogP contribution in [0.2, 0.25) is 0 Å². The summed E-state index contributed by atoms with van der Waals surface area (Å²) >= 11 is 0. The summed E-state index contributed by atoms with van der Waals surface area (Å²) in [5.41, 5.74) is -0.689. The average Bonchev–Trinajstić information content (AvgIpc) is 3.06. The second-order valence-corrected chi connectivity index (χ2v) is 7.03. The van der Waals surface area contributed by atoms with Crippen LogP contribution in [0.1, 0.15) is 42.8 Å². The Morgan fingerprint density at radius 2 is 2.11 bits per heavy atom. The molecule has 1 saturated heterocycles. The SMILES string of the molecule is C[C@H]1CC(n2ncc3c(=O)[nH]c(Cc4ccccc4C(F)(F)F)nc32)CCO1. The fraction of sp³-hybridized carbons (Fsp3) is 0.421. The quantitative estimate of drug-likeness (QED) is 0.741. The lowest BCUT2D eigenvalue weighted by Gasteiger charge is -2.27. The van der Waals surface area contributed by atoms with Crippen molar-refractivity contribution in [3.8, 4) is 0 Å². The largest absolute Gasteiger partial charge is 0.416 e. The smallest absolute Gasteiger partial charge is 0.378 e. The number of aromatic nitrogens is 4. The van der Waals surface area contributed by atoms with Gasteiger partial charge >= 0.3 is 6.18 Å². The summed E-state index contributed by atoms with van der Waals surface area (Å²) in [4.78, 5) is 19.5. The van der Waals surface area contributed by atoms with E-state index in [1.807, 2.05) is 6.92 Å². The van der Waals surface area contributed by atoms with Crippen LogP contribution in [-0.2, 0) is 17.3 Å². The van der Waals surface area contributed by atoms with Crippen molar-refractivity contribution in [3.63, 3.8) is 0 Å². The van der Waals surface area contributed by atoms with Gasteiger partial charge in [0.05, 0.1) is 23.9 Å². The van der Waals surface area contributed by atoms with Crippen molar-refractivity contribution in [2.75, 3.05) is 6.61 Å². The first-order valence-corrected chi connectivity index (χ1v) is 9.06. The zero-order chi connectivity index (χ0) is 19.9. The molecule has 4 rings (SSSR count). The number of aromatic amines is 1. The van der Waals surface area contributed by atoms with Gasteiger partial charge in [0.2, 0.25) is 0 Å². The standard InChI is InChI=1S/C19H19F3N4O2/c1-11-8-13(6-7-28-11)26-17-14(10-23-26)18(27)25-16(24-17)9-12-4-2-3-5-15(12)19(20,21)22/h2-5,10-11,13H,6-9H2,1H3,(H,24,25,27)/t11-,13?/m0/s1. The highest BCUT2D eigenvalue weighted by Gasteiger charge is 2.33. The first-order chi connectivity index (χ1) is 13.3. The lowest BCUT2D eigenvalue weighted by atomic mass is 10.0. The number of fused-ring (bicyclic) bond motifs is 1. The molecule has 2 atom stereocenters. The Kier molecular flexibility index (Phi) is 4.70. The zero-order valence-corrected chi connectivity index (χ0v) is 15.2. The molecule has 0 radical (unpaired) electrons. The Labute approximate surface area is 158 Å². The normalized spacial score (nSPS) is 20.6. The Morgan fingerprint density at radius 1 is 1.32 bits per heavy atom. The molecule has 2 aromatic heterocycles. The van der Waals surface area contributed by atoms with Gasteiger partial charge in [-0.3, -0.25) is 4.79 Å². The van der Waals surface area contributed by atoms with Crippen molar-refractivity contribution in [2.24, 2.45) is 0 Å². The van der Waals surface area contributed by atoms with E-state index in [0.717, 1.165) is 18.9 Å². The molecule has 0 aliphatic carbocycles. The number of benzene rings is 1. The van der Waals surface area contributed by atoms with Crippen LogP contribution in [0, 0.1) is 0 Å². The second-order valence-electron chi connectivity index (χ2n) is 7.03. The molecule has 6 nitrogen and oxygen atoms in total. The maximum absolute atomic E-state index is 13.3. The summed E-state index contributed by atoms with van der Waals surface area (Å²) in [6.07, 6.45) is -1.61. The van der Waals surface area contributed by atoms with Crippen LogP contribution in [0.4, 0.5) is 13.2 Å². The Morgan fingerprint density at radius 3 is 2.86 bits per heavy atom. The topological polar surface area (TPSA) is 72.8 Å². The molecule has 1 fully saturated rings. The number of ether oxygens (including phenoxy) is 1. The molecule has 148 valence electrons. The first-order valence-electron chi connectivity index (χ1n) is 9.06. The van der Waals surface area contributed by atoms with Gasteiger partial charge in [0.1, 0.15) is 11.2 Å². The molecule has 0 spiro atoms. The average molecular weight is 392 g/mol. The number of hydrogen-bond acceptors (Lipinski definition) is 4. The van der Waals surface area contributed by atoms with E-state index in [-0.39, 0.29) is 30.0 Å². The molecule has 9 heteroatoms. The summed E-state index contributed by atoms with van der Waals surface area (Å²) in [5.74, 6) is 0.177. The number of nitrogens with one attached hydrogen (secondary N) is 1. The van der Waals surface area contributed by atoms with E-state index in [1.165, 1.54) is 24.4 Å². The van der Waals surface area contributed by atoms with Crippen molar-refractivity contribution >= 4 is 11.0 Å². The number of alkyl halides is 3. The van der Waals surface area contributed by atoms with Gasteiger partial charge in [0.25, 0.3) is 5.56 Å². The molecule has 1 aromatic carbocycles. The van der Waals surface area contributed by atoms with Gasteiger partial charge in [0, 0.05) is 13.0 Å². The lowest BCUT2D eigenvalue weighted by molar-refractivity contribution is -0.138. The Hall–Kier alpha value is -2.68. The summed E-state index contributed by atoms with van der Waals surface area (Å²) in [5, 5.41) is 4.64. The highest BCUT2D eigenvalue weighted by Crippen LogP contribution is 2.32. The molecule has 1 aliphatic heterocycles. The van der Waals surface area contributed by atoms with E-state index in [2.05, 4.69) is 15.1 Å². The molecule has 3 heterocycles. The van der Waals surface area contributed by atoms with Crippen molar-refractivity contribution in [1.82, 2.24) is 19.7 Å². The van der Waals surface area contributed by atoms with Crippen LogP contribution >= 0.6 is 0 Å². The predicted molar refractivity (Wildman–Crippen MR) is 96.1 cm³/mol. The fourth-order valence-electron chi connectivity index (χ4n) is 3.66. The summed E-state index contributed by atoms with van der Waals surface area (Å²) < 4.78 is 47.0. The molecule has 1 unspecified atom stereocenters. The van der Waals surface area contributed by atoms with E-state index in [0.29, 0.717) is 17.6 Å². The summed E-state index contributed by atoms with van der Waals surface area (Å²) in [6, 6.07) is 5.33. The van der Waals surface area contributed by atoms with Crippen LogP contribution in [0.25, 0.3) is 11.0 Å². The third-order valence-electron chi connectivity index (χ3n) is 5.00. The number of halogens is 3. The molecule has 0 bridgehead atoms.